The molecule has 0 unspecified atom stereocenters. The first-order valence-electron chi connectivity index (χ1n) is 7.96. The molecule has 1 fully saturated rings. The first-order chi connectivity index (χ1) is 10.7. The highest BCUT2D eigenvalue weighted by Gasteiger charge is 2.19. The summed E-state index contributed by atoms with van der Waals surface area (Å²) in [5.41, 5.74) is 1.71. The zero-order chi connectivity index (χ0) is 15.4. The van der Waals surface area contributed by atoms with Gasteiger partial charge in [0.25, 0.3) is 0 Å². The normalized spacial score (nSPS) is 16.1. The quantitative estimate of drug-likeness (QED) is 0.466. The standard InChI is InChI=1S/C19H21NO2/c1-14(20-22-19(21)12-15-6-2-3-7-15)17-11-10-16-8-4-5-9-18(16)13-17/h4-5,8-11,13,15H,2-3,6-7,12H2,1H3/b20-14+. The largest absolute Gasteiger partial charge is 0.335 e. The lowest BCUT2D eigenvalue weighted by atomic mass is 10.0. The Kier molecular flexibility index (Phi) is 4.52. The van der Waals surface area contributed by atoms with Crippen molar-refractivity contribution in [3.8, 4) is 0 Å². The van der Waals surface area contributed by atoms with Crippen molar-refractivity contribution in [2.75, 3.05) is 0 Å². The van der Waals surface area contributed by atoms with Crippen LogP contribution >= 0.6 is 0 Å². The molecule has 1 aliphatic rings. The van der Waals surface area contributed by atoms with E-state index in [0.29, 0.717) is 12.3 Å². The van der Waals surface area contributed by atoms with Gasteiger partial charge in [0.05, 0.1) is 12.1 Å². The lowest BCUT2D eigenvalue weighted by molar-refractivity contribution is -0.144. The average molecular weight is 295 g/mol. The van der Waals surface area contributed by atoms with Crippen molar-refractivity contribution in [3.63, 3.8) is 0 Å². The molecule has 22 heavy (non-hydrogen) atoms. The van der Waals surface area contributed by atoms with Gasteiger partial charge < -0.3 is 4.84 Å². The molecule has 3 nitrogen and oxygen atoms in total. The summed E-state index contributed by atoms with van der Waals surface area (Å²) in [5, 5.41) is 6.36. The van der Waals surface area contributed by atoms with Gasteiger partial charge in [-0.25, -0.2) is 4.79 Å². The summed E-state index contributed by atoms with van der Waals surface area (Å²) in [4.78, 5) is 16.9. The minimum absolute atomic E-state index is 0.216. The van der Waals surface area contributed by atoms with Gasteiger partial charge in [0.1, 0.15) is 0 Å². The van der Waals surface area contributed by atoms with E-state index >= 15 is 0 Å². The number of hydrogen-bond donors (Lipinski definition) is 0. The molecule has 0 bridgehead atoms. The highest BCUT2D eigenvalue weighted by molar-refractivity contribution is 6.01. The Morgan fingerprint density at radius 2 is 1.86 bits per heavy atom. The summed E-state index contributed by atoms with van der Waals surface area (Å²) >= 11 is 0. The summed E-state index contributed by atoms with van der Waals surface area (Å²) in [6, 6.07) is 14.3. The fraction of sp³-hybridized carbons (Fsp3) is 0.368. The summed E-state index contributed by atoms with van der Waals surface area (Å²) in [5.74, 6) is 0.274. The molecule has 0 N–H and O–H groups in total. The molecule has 2 aromatic carbocycles. The summed E-state index contributed by atoms with van der Waals surface area (Å²) in [6.45, 7) is 1.87. The minimum atomic E-state index is -0.216. The van der Waals surface area contributed by atoms with E-state index in [-0.39, 0.29) is 5.97 Å². The van der Waals surface area contributed by atoms with E-state index in [1.165, 1.54) is 18.2 Å². The van der Waals surface area contributed by atoms with Crippen LogP contribution in [0.5, 0.6) is 0 Å². The number of carbonyl (C=O) groups is 1. The van der Waals surface area contributed by atoms with Crippen molar-refractivity contribution in [3.05, 3.63) is 48.0 Å². The Bertz CT molecular complexity index is 699. The molecule has 0 saturated heterocycles. The van der Waals surface area contributed by atoms with Crippen LogP contribution in [0, 0.1) is 5.92 Å². The van der Waals surface area contributed by atoms with Gasteiger partial charge in [-0.2, -0.15) is 0 Å². The third-order valence-corrected chi connectivity index (χ3v) is 4.38. The van der Waals surface area contributed by atoms with Crippen LogP contribution in [0.15, 0.2) is 47.6 Å². The highest BCUT2D eigenvalue weighted by Crippen LogP contribution is 2.27. The lowest BCUT2D eigenvalue weighted by Crippen LogP contribution is -2.08. The number of carbonyl (C=O) groups excluding carboxylic acids is 1. The minimum Gasteiger partial charge on any atom is -0.318 e. The van der Waals surface area contributed by atoms with Crippen LogP contribution in [0.1, 0.15) is 44.6 Å². The number of rotatable bonds is 4. The van der Waals surface area contributed by atoms with Crippen LogP contribution in [0.25, 0.3) is 10.8 Å². The zero-order valence-corrected chi connectivity index (χ0v) is 12.9. The van der Waals surface area contributed by atoms with Crippen LogP contribution in [0.4, 0.5) is 0 Å². The van der Waals surface area contributed by atoms with E-state index < -0.39 is 0 Å². The maximum Gasteiger partial charge on any atom is 0.335 e. The summed E-state index contributed by atoms with van der Waals surface area (Å²) in [6.07, 6.45) is 5.24. The predicted molar refractivity (Wildman–Crippen MR) is 88.8 cm³/mol. The van der Waals surface area contributed by atoms with Gasteiger partial charge in [-0.15, -0.1) is 0 Å². The Morgan fingerprint density at radius 1 is 1.14 bits per heavy atom. The number of nitrogens with zero attached hydrogens (tertiary/aromatic N) is 1. The SMILES string of the molecule is C/C(=N\OC(=O)CC1CCCC1)c1ccc2ccccc2c1. The molecule has 0 amide bonds. The Balaban J connectivity index is 1.65. The van der Waals surface area contributed by atoms with Gasteiger partial charge in [0.2, 0.25) is 0 Å². The number of benzene rings is 2. The first kappa shape index (κ1) is 14.8. The van der Waals surface area contributed by atoms with Crippen molar-refractivity contribution in [2.24, 2.45) is 11.1 Å². The molecule has 3 rings (SSSR count). The molecule has 3 heteroatoms. The Labute approximate surface area is 131 Å². The van der Waals surface area contributed by atoms with Crippen LogP contribution in [0.3, 0.4) is 0 Å². The van der Waals surface area contributed by atoms with E-state index in [4.69, 9.17) is 4.84 Å². The van der Waals surface area contributed by atoms with Gasteiger partial charge >= 0.3 is 5.97 Å². The van der Waals surface area contributed by atoms with E-state index in [1.807, 2.05) is 25.1 Å². The molecule has 0 radical (unpaired) electrons. The Hall–Kier alpha value is -2.16. The van der Waals surface area contributed by atoms with E-state index in [0.717, 1.165) is 29.5 Å². The van der Waals surface area contributed by atoms with E-state index in [2.05, 4.69) is 29.4 Å². The third-order valence-electron chi connectivity index (χ3n) is 4.38. The number of oxime groups is 1. The fourth-order valence-electron chi connectivity index (χ4n) is 3.07. The monoisotopic (exact) mass is 295 g/mol. The maximum atomic E-state index is 11.8. The molecular formula is C19H21NO2. The van der Waals surface area contributed by atoms with Crippen molar-refractivity contribution < 1.29 is 9.63 Å². The second-order valence-corrected chi connectivity index (χ2v) is 6.06. The van der Waals surface area contributed by atoms with E-state index in [9.17, 15) is 4.79 Å². The molecule has 0 aromatic heterocycles. The van der Waals surface area contributed by atoms with Crippen molar-refractivity contribution in [1.82, 2.24) is 0 Å². The number of fused-ring (bicyclic) bond motifs is 1. The summed E-state index contributed by atoms with van der Waals surface area (Å²) < 4.78 is 0. The first-order valence-corrected chi connectivity index (χ1v) is 7.96. The van der Waals surface area contributed by atoms with Gasteiger partial charge in [-0.05, 0) is 48.1 Å². The van der Waals surface area contributed by atoms with Crippen molar-refractivity contribution in [2.45, 2.75) is 39.0 Å². The van der Waals surface area contributed by atoms with Crippen LogP contribution in [-0.2, 0) is 9.63 Å². The van der Waals surface area contributed by atoms with Crippen LogP contribution in [0.2, 0.25) is 0 Å². The average Bonchev–Trinajstić information content (AvgIpc) is 3.05. The Morgan fingerprint density at radius 3 is 2.64 bits per heavy atom. The van der Waals surface area contributed by atoms with E-state index in [1.54, 1.807) is 0 Å². The lowest BCUT2D eigenvalue weighted by Gasteiger charge is -2.06. The van der Waals surface area contributed by atoms with Gasteiger partial charge in [0.15, 0.2) is 0 Å². The second kappa shape index (κ2) is 6.73. The van der Waals surface area contributed by atoms with Crippen LogP contribution in [-0.4, -0.2) is 11.7 Å². The fourth-order valence-corrected chi connectivity index (χ4v) is 3.07. The van der Waals surface area contributed by atoms with Gasteiger partial charge in [0, 0.05) is 0 Å². The molecule has 0 atom stereocenters. The zero-order valence-electron chi connectivity index (χ0n) is 12.9. The second-order valence-electron chi connectivity index (χ2n) is 6.06. The van der Waals surface area contributed by atoms with Crippen molar-refractivity contribution >= 4 is 22.5 Å². The molecule has 2 aromatic rings. The predicted octanol–water partition coefficient (Wildman–Crippen LogP) is 4.69. The molecule has 0 spiro atoms. The third kappa shape index (κ3) is 3.53. The molecule has 1 aliphatic carbocycles. The topological polar surface area (TPSA) is 38.7 Å². The molecule has 0 heterocycles. The number of hydrogen-bond acceptors (Lipinski definition) is 3. The smallest absolute Gasteiger partial charge is 0.318 e. The van der Waals surface area contributed by atoms with Crippen LogP contribution < -0.4 is 0 Å². The maximum absolute atomic E-state index is 11.8. The highest BCUT2D eigenvalue weighted by atomic mass is 16.7. The molecule has 114 valence electrons. The molecule has 0 aliphatic heterocycles. The molecule has 1 saturated carbocycles. The van der Waals surface area contributed by atoms with Gasteiger partial charge in [-0.3, -0.25) is 0 Å². The van der Waals surface area contributed by atoms with Crippen molar-refractivity contribution in [1.29, 1.82) is 0 Å². The van der Waals surface area contributed by atoms with Gasteiger partial charge in [-0.1, -0.05) is 54.4 Å². The molecular weight excluding hydrogens is 274 g/mol. The summed E-state index contributed by atoms with van der Waals surface area (Å²) in [7, 11) is 0.